The second kappa shape index (κ2) is 45.2. The average molecular weight is 889 g/mol. The highest BCUT2D eigenvalue weighted by Gasteiger charge is 2.09. The number of nitrogens with zero attached hydrogens (tertiary/aromatic N) is 3. The lowest BCUT2D eigenvalue weighted by Crippen LogP contribution is -2.30. The molecule has 0 saturated heterocycles. The zero-order valence-corrected chi connectivity index (χ0v) is 35.5. The van der Waals surface area contributed by atoms with Crippen molar-refractivity contribution < 1.29 is 69.6 Å². The van der Waals surface area contributed by atoms with Gasteiger partial charge in [-0.2, -0.15) is 0 Å². The molecule has 1 rings (SSSR count). The van der Waals surface area contributed by atoms with Crippen LogP contribution in [0.2, 0.25) is 0 Å². The Labute approximate surface area is 361 Å². The van der Waals surface area contributed by atoms with E-state index < -0.39 is 47.6 Å². The fourth-order valence-electron chi connectivity index (χ4n) is 3.55. The van der Waals surface area contributed by atoms with Crippen molar-refractivity contribution in [2.24, 2.45) is 55.1 Å². The van der Waals surface area contributed by atoms with E-state index in [4.69, 9.17) is 70.8 Å². The van der Waals surface area contributed by atoms with E-state index in [1.165, 1.54) is 24.3 Å². The predicted octanol–water partition coefficient (Wildman–Crippen LogP) is -0.0406. The molecule has 0 aromatic heterocycles. The Bertz CT molecular complexity index is 1450. The van der Waals surface area contributed by atoms with E-state index in [2.05, 4.69) is 15.0 Å². The number of rotatable bonds is 24. The third-order valence-electron chi connectivity index (χ3n) is 6.62. The molecule has 0 aliphatic heterocycles. The molecule has 0 fully saturated rings. The molecule has 20 N–H and O–H groups in total. The number of aliphatic hydroxyl groups is 1. The van der Waals surface area contributed by atoms with Gasteiger partial charge >= 0.3 is 29.8 Å². The van der Waals surface area contributed by atoms with E-state index in [9.17, 15) is 39.0 Å². The van der Waals surface area contributed by atoms with Crippen LogP contribution in [-0.4, -0.2) is 110 Å². The zero-order valence-electron chi connectivity index (χ0n) is 35.5. The first kappa shape index (κ1) is 64.3. The summed E-state index contributed by atoms with van der Waals surface area (Å²) < 4.78 is 0. The molecule has 1 aromatic carbocycles. The van der Waals surface area contributed by atoms with Gasteiger partial charge in [-0.05, 0) is 83.3 Å². The van der Waals surface area contributed by atoms with E-state index in [0.29, 0.717) is 71.0 Å². The standard InChI is InChI=1S/C9H16O4.C7H6O3.C6H14N4O2.2C6H13N3O2.C4H8O/c10-8(11)6-4-2-1-3-5-7-9(12)13;8-6-4-2-1-3-5(6)7(9)10;7-4(5(11)12)2-1-3-10-6(8)9;2*7-6(8)9-4-2-1-3-5(10)11;1-4(2)3-5/h1-7H2,(H,10,11)(H,12,13);1-4,8H,(H,9,10);4H,1-3,7H2,(H,11,12)(H4,8,9,10);2*1-4H2,(H,10,11)(H4,7,8,9);3,5H,1-2H3/p-2/t;;4-;;;/m..0.../s1. The molecule has 0 unspecified atom stereocenters. The number of allylic oxidation sites excluding steroid dienone is 1. The number of aliphatic hydroxyl groups excluding tert-OH is 1. The predicted molar refractivity (Wildman–Crippen MR) is 230 cm³/mol. The van der Waals surface area contributed by atoms with Crippen LogP contribution in [0, 0.1) is 0 Å². The Morgan fingerprint density at radius 3 is 1.23 bits per heavy atom. The summed E-state index contributed by atoms with van der Waals surface area (Å²) in [6.07, 6.45) is 9.30. The number of carbonyl (C=O) groups excluding carboxylic acids is 1. The molecule has 0 amide bonds. The number of guanidine groups is 3. The third kappa shape index (κ3) is 65.0. The fraction of sp³-hybridized carbons (Fsp3) is 0.553. The minimum absolute atomic E-state index is 0.0129. The topological polar surface area (TPSA) is 489 Å². The molecule has 1 aromatic rings. The zero-order chi connectivity index (χ0) is 48.9. The second-order valence-electron chi connectivity index (χ2n) is 12.7. The lowest BCUT2D eigenvalue weighted by atomic mass is 10.1. The molecule has 1 atom stereocenters. The normalized spacial score (nSPS) is 9.66. The number of aliphatic carboxylic acids is 5. The van der Waals surface area contributed by atoms with Crippen molar-refractivity contribution in [2.75, 3.05) is 19.6 Å². The minimum atomic E-state index is -1.18. The number of carbonyl (C=O) groups is 6. The summed E-state index contributed by atoms with van der Waals surface area (Å²) in [5.74, 6) is -5.84. The van der Waals surface area contributed by atoms with Gasteiger partial charge in [0.15, 0.2) is 17.9 Å². The maximum atomic E-state index is 10.7. The van der Waals surface area contributed by atoms with Crippen molar-refractivity contribution in [1.29, 1.82) is 0 Å². The first-order chi connectivity index (χ1) is 28.9. The largest absolute Gasteiger partial charge is 0.872 e. The number of nitrogens with two attached hydrogens (primary N) is 7. The molecule has 0 bridgehead atoms. The van der Waals surface area contributed by atoms with E-state index in [1.54, 1.807) is 0 Å². The Morgan fingerprint density at radius 2 is 0.935 bits per heavy atom. The number of carboxylic acid groups (broad SMARTS) is 6. The molecular formula is C38H68N10O14-2. The first-order valence-corrected chi connectivity index (χ1v) is 19.2. The highest BCUT2D eigenvalue weighted by Crippen LogP contribution is 2.11. The van der Waals surface area contributed by atoms with Gasteiger partial charge in [0, 0.05) is 44.9 Å². The SMILES string of the molecule is CC(C)=CO.NC(N)=NCCCCC(=O)O.NC(N)=NCCCCC(=O)O.NC(N)=NCCC[C@H](N)C(=O)O.O=C(O)c1ccccc1[O-].O=C([O-])CCCCCCCC(=O)O. The molecule has 0 spiro atoms. The summed E-state index contributed by atoms with van der Waals surface area (Å²) in [4.78, 5) is 71.6. The number of aliphatic imine (C=N–C) groups is 3. The van der Waals surface area contributed by atoms with Crippen LogP contribution < -0.4 is 50.3 Å². The highest BCUT2D eigenvalue weighted by molar-refractivity contribution is 5.90. The average Bonchev–Trinajstić information content (AvgIpc) is 3.16. The van der Waals surface area contributed by atoms with Crippen molar-refractivity contribution in [3.05, 3.63) is 41.7 Å². The van der Waals surface area contributed by atoms with Gasteiger partial charge in [-0.15, -0.1) is 0 Å². The van der Waals surface area contributed by atoms with Crippen LogP contribution >= 0.6 is 0 Å². The maximum Gasteiger partial charge on any atom is 0.335 e. The Morgan fingerprint density at radius 1 is 0.597 bits per heavy atom. The molecule has 62 heavy (non-hydrogen) atoms. The van der Waals surface area contributed by atoms with E-state index in [-0.39, 0.29) is 49.1 Å². The lowest BCUT2D eigenvalue weighted by Gasteiger charge is -2.07. The lowest BCUT2D eigenvalue weighted by molar-refractivity contribution is -0.305. The molecule has 24 nitrogen and oxygen atoms in total. The van der Waals surface area contributed by atoms with E-state index in [0.717, 1.165) is 31.1 Å². The van der Waals surface area contributed by atoms with Gasteiger partial charge in [0.1, 0.15) is 6.04 Å². The Kier molecular flexibility index (Phi) is 46.9. The van der Waals surface area contributed by atoms with Gasteiger partial charge in [-0.1, -0.05) is 43.2 Å². The van der Waals surface area contributed by atoms with Crippen LogP contribution in [0.3, 0.4) is 0 Å². The van der Waals surface area contributed by atoms with Crippen molar-refractivity contribution in [1.82, 2.24) is 0 Å². The van der Waals surface area contributed by atoms with Crippen LogP contribution in [0.4, 0.5) is 0 Å². The van der Waals surface area contributed by atoms with Crippen LogP contribution in [0.25, 0.3) is 0 Å². The Balaban J connectivity index is -0.000000213. The van der Waals surface area contributed by atoms with Gasteiger partial charge in [-0.25, -0.2) is 4.79 Å². The molecule has 0 saturated carbocycles. The summed E-state index contributed by atoms with van der Waals surface area (Å²) >= 11 is 0. The summed E-state index contributed by atoms with van der Waals surface area (Å²) in [5, 5.41) is 70.2. The summed E-state index contributed by atoms with van der Waals surface area (Å²) in [6, 6.07) is 4.72. The van der Waals surface area contributed by atoms with Crippen molar-refractivity contribution >= 4 is 53.7 Å². The van der Waals surface area contributed by atoms with Crippen LogP contribution in [-0.2, 0) is 24.0 Å². The van der Waals surface area contributed by atoms with Crippen molar-refractivity contribution in [3.63, 3.8) is 0 Å². The van der Waals surface area contributed by atoms with E-state index >= 15 is 0 Å². The number of unbranched alkanes of at least 4 members (excludes halogenated alkanes) is 6. The number of aromatic carboxylic acids is 1. The first-order valence-electron chi connectivity index (χ1n) is 19.2. The van der Waals surface area contributed by atoms with Gasteiger partial charge in [0.2, 0.25) is 0 Å². The van der Waals surface area contributed by atoms with Crippen molar-refractivity contribution in [2.45, 2.75) is 116 Å². The van der Waals surface area contributed by atoms with Crippen LogP contribution in [0.1, 0.15) is 121 Å². The number of hydrogen-bond acceptors (Lipinski definition) is 13. The minimum Gasteiger partial charge on any atom is -0.872 e. The molecule has 0 radical (unpaired) electrons. The van der Waals surface area contributed by atoms with Gasteiger partial charge < -0.3 is 85.8 Å². The number of para-hydroxylation sites is 1. The van der Waals surface area contributed by atoms with Crippen LogP contribution in [0.15, 0.2) is 51.1 Å². The molecule has 356 valence electrons. The Hall–Kier alpha value is -6.85. The van der Waals surface area contributed by atoms with Gasteiger partial charge in [0.25, 0.3) is 0 Å². The molecule has 0 heterocycles. The summed E-state index contributed by atoms with van der Waals surface area (Å²) in [7, 11) is 0. The summed E-state index contributed by atoms with van der Waals surface area (Å²) in [5.41, 5.74) is 36.3. The molecule has 0 aliphatic carbocycles. The monoisotopic (exact) mass is 888 g/mol. The smallest absolute Gasteiger partial charge is 0.335 e. The van der Waals surface area contributed by atoms with E-state index in [1.807, 2.05) is 13.8 Å². The second-order valence-corrected chi connectivity index (χ2v) is 12.7. The van der Waals surface area contributed by atoms with Crippen LogP contribution in [0.5, 0.6) is 5.75 Å². The maximum absolute atomic E-state index is 10.7. The number of benzene rings is 1. The quantitative estimate of drug-likeness (QED) is 0.0280. The fourth-order valence-corrected chi connectivity index (χ4v) is 3.55. The number of hydrogen-bond donors (Lipinski definition) is 13. The molecular weight excluding hydrogens is 820 g/mol. The summed E-state index contributed by atoms with van der Waals surface area (Å²) in [6.45, 7) is 5.11. The third-order valence-corrected chi connectivity index (χ3v) is 6.62. The van der Waals surface area contributed by atoms with Gasteiger partial charge in [-0.3, -0.25) is 34.2 Å². The highest BCUT2D eigenvalue weighted by atomic mass is 16.4. The molecule has 0 aliphatic rings. The van der Waals surface area contributed by atoms with Crippen molar-refractivity contribution in [3.8, 4) is 5.75 Å². The van der Waals surface area contributed by atoms with Gasteiger partial charge in [0.05, 0.1) is 11.8 Å². The number of carboxylic acids is 6. The molecule has 24 heteroatoms.